The number of alkyl carbamates (subject to hydrolysis) is 1. The van der Waals surface area contributed by atoms with Crippen LogP contribution >= 0.6 is 15.9 Å². The fourth-order valence-electron chi connectivity index (χ4n) is 3.80. The first kappa shape index (κ1) is 24.3. The molecule has 9 nitrogen and oxygen atoms in total. The van der Waals surface area contributed by atoms with Gasteiger partial charge in [0.2, 0.25) is 5.91 Å². The summed E-state index contributed by atoms with van der Waals surface area (Å²) >= 11 is 3.43. The Hall–Kier alpha value is -3.32. The number of carbonyl (C=O) groups is 3. The zero-order valence-corrected chi connectivity index (χ0v) is 19.8. The Morgan fingerprint density at radius 1 is 1.48 bits per heavy atom. The van der Waals surface area contributed by atoms with Crippen LogP contribution in [-0.4, -0.2) is 59.5 Å². The van der Waals surface area contributed by atoms with Gasteiger partial charge in [-0.3, -0.25) is 4.79 Å². The molecule has 33 heavy (non-hydrogen) atoms. The minimum atomic E-state index is -0.854. The lowest BCUT2D eigenvalue weighted by Gasteiger charge is -2.28. The third-order valence-corrected chi connectivity index (χ3v) is 5.82. The number of nitrogens with zero attached hydrogens (tertiary/aromatic N) is 2. The van der Waals surface area contributed by atoms with Crippen molar-refractivity contribution in [2.75, 3.05) is 20.3 Å². The van der Waals surface area contributed by atoms with Crippen LogP contribution in [0.2, 0.25) is 0 Å². The summed E-state index contributed by atoms with van der Waals surface area (Å²) in [6.45, 7) is 0.649. The molecule has 10 heteroatoms. The van der Waals surface area contributed by atoms with Crippen molar-refractivity contribution in [3.63, 3.8) is 0 Å². The Morgan fingerprint density at radius 3 is 3.03 bits per heavy atom. The number of hydrogen-bond acceptors (Lipinski definition) is 6. The number of aromatic amines is 1. The van der Waals surface area contributed by atoms with Crippen molar-refractivity contribution in [2.24, 2.45) is 0 Å². The largest absolute Gasteiger partial charge is 0.480 e. The second-order valence-corrected chi connectivity index (χ2v) is 8.34. The molecule has 1 fully saturated rings. The van der Waals surface area contributed by atoms with Gasteiger partial charge in [-0.15, -0.1) is 6.42 Å². The number of hydrogen-bond donors (Lipinski definition) is 2. The predicted octanol–water partition coefficient (Wildman–Crippen LogP) is 3.22. The van der Waals surface area contributed by atoms with Crippen molar-refractivity contribution in [3.8, 4) is 29.4 Å². The first-order valence-electron chi connectivity index (χ1n) is 10.5. The van der Waals surface area contributed by atoms with E-state index in [4.69, 9.17) is 16.1 Å². The lowest BCUT2D eigenvalue weighted by atomic mass is 10.1. The Morgan fingerprint density at radius 2 is 2.30 bits per heavy atom. The number of carbonyl (C=O) groups excluding carboxylic acids is 3. The molecule has 0 saturated carbocycles. The van der Waals surface area contributed by atoms with Crippen LogP contribution in [0, 0.1) is 12.3 Å². The normalized spacial score (nSPS) is 16.0. The minimum absolute atomic E-state index is 0.126. The molecular weight excluding hydrogens is 492 g/mol. The molecule has 1 aliphatic heterocycles. The Bertz CT molecular complexity index is 1050. The van der Waals surface area contributed by atoms with Crippen molar-refractivity contribution in [1.29, 1.82) is 0 Å². The van der Waals surface area contributed by atoms with E-state index in [2.05, 4.69) is 36.9 Å². The van der Waals surface area contributed by atoms with E-state index >= 15 is 0 Å². The topological polar surface area (TPSA) is 114 Å². The molecule has 2 unspecified atom stereocenters. The van der Waals surface area contributed by atoms with Gasteiger partial charge >= 0.3 is 6.09 Å². The monoisotopic (exact) mass is 516 g/mol. The summed E-state index contributed by atoms with van der Waals surface area (Å²) in [6, 6.07) is 4.45. The number of amides is 2. The predicted molar refractivity (Wildman–Crippen MR) is 124 cm³/mol. The fraction of sp³-hybridized carbons (Fsp3) is 0.391. The minimum Gasteiger partial charge on any atom is -0.480 e. The van der Waals surface area contributed by atoms with E-state index < -0.39 is 12.1 Å². The van der Waals surface area contributed by atoms with Crippen LogP contribution in [-0.2, 0) is 14.3 Å². The highest BCUT2D eigenvalue weighted by Gasteiger charge is 2.36. The molecule has 2 aromatic rings. The maximum absolute atomic E-state index is 13.2. The number of terminal acetylenes is 1. The van der Waals surface area contributed by atoms with E-state index in [1.165, 1.54) is 7.11 Å². The van der Waals surface area contributed by atoms with E-state index in [-0.39, 0.29) is 31.4 Å². The molecule has 3 rings (SSSR count). The van der Waals surface area contributed by atoms with Crippen molar-refractivity contribution < 1.29 is 23.9 Å². The maximum atomic E-state index is 13.2. The SMILES string of the molecule is C#CCOc1cc(Br)ccc1-c1c[nH]c(C2CCCN2C(=O)C(CCC=O)NC(=O)OC)n1. The van der Waals surface area contributed by atoms with Crippen LogP contribution in [0.25, 0.3) is 11.3 Å². The standard InChI is InChI=1S/C23H25BrN4O5/c1-3-12-33-20-13-15(24)8-9-16(20)18-14-25-21(26-18)19-7-4-10-28(19)22(30)17(6-5-11-29)27-23(31)32-2/h1,8-9,11,13-14,17,19H,4-7,10,12H2,2H3,(H,25,26)(H,27,31). The van der Waals surface area contributed by atoms with Crippen LogP contribution < -0.4 is 10.1 Å². The molecule has 1 saturated heterocycles. The fourth-order valence-corrected chi connectivity index (χ4v) is 4.14. The molecule has 0 aliphatic carbocycles. The van der Waals surface area contributed by atoms with Gasteiger partial charge in [-0.05, 0) is 37.5 Å². The van der Waals surface area contributed by atoms with Gasteiger partial charge in [0.25, 0.3) is 0 Å². The molecule has 2 N–H and O–H groups in total. The molecule has 1 aliphatic rings. The van der Waals surface area contributed by atoms with Gasteiger partial charge in [0.05, 0.1) is 18.8 Å². The summed E-state index contributed by atoms with van der Waals surface area (Å²) in [6.07, 6.45) is 8.94. The second-order valence-electron chi connectivity index (χ2n) is 7.43. The Balaban J connectivity index is 1.83. The van der Waals surface area contributed by atoms with Crippen LogP contribution in [0.1, 0.15) is 37.5 Å². The summed E-state index contributed by atoms with van der Waals surface area (Å²) in [4.78, 5) is 45.4. The number of aldehydes is 1. The van der Waals surface area contributed by atoms with Gasteiger partial charge < -0.3 is 29.5 Å². The van der Waals surface area contributed by atoms with E-state index in [0.717, 1.165) is 29.2 Å². The van der Waals surface area contributed by atoms with Crippen LogP contribution in [0.4, 0.5) is 4.79 Å². The van der Waals surface area contributed by atoms with Gasteiger partial charge in [0, 0.05) is 29.2 Å². The summed E-state index contributed by atoms with van der Waals surface area (Å²) in [5.74, 6) is 3.41. The third-order valence-electron chi connectivity index (χ3n) is 5.33. The van der Waals surface area contributed by atoms with E-state index in [9.17, 15) is 14.4 Å². The molecule has 2 heterocycles. The van der Waals surface area contributed by atoms with E-state index in [1.807, 2.05) is 18.2 Å². The first-order valence-corrected chi connectivity index (χ1v) is 11.3. The van der Waals surface area contributed by atoms with Gasteiger partial charge in [0.15, 0.2) is 0 Å². The van der Waals surface area contributed by atoms with Crippen LogP contribution in [0.3, 0.4) is 0 Å². The number of aromatic nitrogens is 2. The van der Waals surface area contributed by atoms with Gasteiger partial charge in [0.1, 0.15) is 30.5 Å². The summed E-state index contributed by atoms with van der Waals surface area (Å²) in [7, 11) is 1.23. The highest BCUT2D eigenvalue weighted by Crippen LogP contribution is 2.35. The number of halogens is 1. The number of nitrogens with one attached hydrogen (secondary N) is 2. The van der Waals surface area contributed by atoms with Crippen molar-refractivity contribution in [1.82, 2.24) is 20.2 Å². The van der Waals surface area contributed by atoms with Crippen molar-refractivity contribution in [3.05, 3.63) is 34.7 Å². The Labute approximate surface area is 200 Å². The van der Waals surface area contributed by atoms with Crippen molar-refractivity contribution in [2.45, 2.75) is 37.8 Å². The molecule has 0 radical (unpaired) electrons. The quantitative estimate of drug-likeness (QED) is 0.390. The van der Waals surface area contributed by atoms with E-state index in [1.54, 1.807) is 11.1 Å². The molecular formula is C23H25BrN4O5. The lowest BCUT2D eigenvalue weighted by molar-refractivity contribution is -0.134. The lowest BCUT2D eigenvalue weighted by Crippen LogP contribution is -2.48. The third kappa shape index (κ3) is 5.93. The Kier molecular flexibility index (Phi) is 8.49. The van der Waals surface area contributed by atoms with Gasteiger partial charge in [-0.1, -0.05) is 21.9 Å². The first-order chi connectivity index (χ1) is 16.0. The number of ether oxygens (including phenoxy) is 2. The summed E-state index contributed by atoms with van der Waals surface area (Å²) in [5.41, 5.74) is 1.43. The molecule has 0 spiro atoms. The summed E-state index contributed by atoms with van der Waals surface area (Å²) < 4.78 is 11.1. The van der Waals surface area contributed by atoms with Crippen molar-refractivity contribution >= 4 is 34.2 Å². The molecule has 1 aromatic heterocycles. The van der Waals surface area contributed by atoms with Crippen LogP contribution in [0.15, 0.2) is 28.9 Å². The number of imidazole rings is 1. The average Bonchev–Trinajstić information content (AvgIpc) is 3.49. The maximum Gasteiger partial charge on any atom is 0.407 e. The molecule has 0 bridgehead atoms. The zero-order chi connectivity index (χ0) is 23.8. The van der Waals surface area contributed by atoms with Gasteiger partial charge in [-0.2, -0.15) is 0 Å². The molecule has 1 aromatic carbocycles. The number of rotatable bonds is 9. The zero-order valence-electron chi connectivity index (χ0n) is 18.2. The molecule has 2 atom stereocenters. The summed E-state index contributed by atoms with van der Waals surface area (Å²) in [5, 5.41) is 2.53. The van der Waals surface area contributed by atoms with E-state index in [0.29, 0.717) is 23.8 Å². The number of benzene rings is 1. The molecule has 174 valence electrons. The van der Waals surface area contributed by atoms with Crippen LogP contribution in [0.5, 0.6) is 5.75 Å². The van der Waals surface area contributed by atoms with Gasteiger partial charge in [-0.25, -0.2) is 9.78 Å². The number of H-pyrrole nitrogens is 1. The molecule has 2 amide bonds. The second kappa shape index (κ2) is 11.5. The average molecular weight is 517 g/mol. The number of likely N-dealkylation sites (tertiary alicyclic amines) is 1. The highest BCUT2D eigenvalue weighted by molar-refractivity contribution is 9.10. The number of methoxy groups -OCH3 is 1. The highest BCUT2D eigenvalue weighted by atomic mass is 79.9. The smallest absolute Gasteiger partial charge is 0.407 e.